The second-order valence-corrected chi connectivity index (χ2v) is 5.93. The third-order valence-corrected chi connectivity index (χ3v) is 3.93. The highest BCUT2D eigenvalue weighted by Gasteiger charge is 2.06. The van der Waals surface area contributed by atoms with Crippen molar-refractivity contribution in [2.75, 3.05) is 5.75 Å². The molecule has 0 aliphatic heterocycles. The summed E-state index contributed by atoms with van der Waals surface area (Å²) in [7, 11) is 0. The molecular formula is C12H14BrN3O2S. The maximum atomic E-state index is 10.8. The van der Waals surface area contributed by atoms with E-state index in [1.807, 2.05) is 30.3 Å². The van der Waals surface area contributed by atoms with E-state index in [0.717, 1.165) is 17.9 Å². The van der Waals surface area contributed by atoms with Crippen LogP contribution in [0.15, 0.2) is 35.1 Å². The zero-order valence-electron chi connectivity index (χ0n) is 10.1. The first-order chi connectivity index (χ1) is 9.24. The summed E-state index contributed by atoms with van der Waals surface area (Å²) in [6, 6.07) is 9.69. The van der Waals surface area contributed by atoms with Crippen LogP contribution < -0.4 is 10.4 Å². The minimum absolute atomic E-state index is 0.0133. The van der Waals surface area contributed by atoms with Gasteiger partial charge in [0.2, 0.25) is 0 Å². The van der Waals surface area contributed by atoms with Crippen molar-refractivity contribution in [3.8, 4) is 5.75 Å². The lowest BCUT2D eigenvalue weighted by Crippen LogP contribution is -2.09. The van der Waals surface area contributed by atoms with Crippen molar-refractivity contribution < 1.29 is 4.74 Å². The van der Waals surface area contributed by atoms with Crippen molar-refractivity contribution in [1.82, 2.24) is 15.2 Å². The van der Waals surface area contributed by atoms with Crippen LogP contribution in [0.25, 0.3) is 0 Å². The summed E-state index contributed by atoms with van der Waals surface area (Å²) in [5.74, 6) is 3.12. The second kappa shape index (κ2) is 7.40. The largest absolute Gasteiger partial charge is 0.479 e. The molecule has 1 aromatic heterocycles. The third-order valence-electron chi connectivity index (χ3n) is 2.29. The van der Waals surface area contributed by atoms with E-state index in [2.05, 4.69) is 31.1 Å². The summed E-state index contributed by atoms with van der Waals surface area (Å²) in [5.41, 5.74) is -0.263. The molecule has 1 atom stereocenters. The van der Waals surface area contributed by atoms with Crippen molar-refractivity contribution in [1.29, 1.82) is 0 Å². The van der Waals surface area contributed by atoms with E-state index in [9.17, 15) is 4.79 Å². The van der Waals surface area contributed by atoms with Crippen molar-refractivity contribution in [2.24, 2.45) is 0 Å². The molecule has 102 valence electrons. The summed E-state index contributed by atoms with van der Waals surface area (Å²) in [4.78, 5) is 13.4. The van der Waals surface area contributed by atoms with Gasteiger partial charge >= 0.3 is 5.69 Å². The van der Waals surface area contributed by atoms with Gasteiger partial charge in [-0.3, -0.25) is 4.98 Å². The summed E-state index contributed by atoms with van der Waals surface area (Å²) in [5, 5.41) is 6.17. The van der Waals surface area contributed by atoms with Crippen LogP contribution in [0, 0.1) is 0 Å². The molecule has 0 radical (unpaired) electrons. The number of nitrogens with zero attached hydrogens (tertiary/aromatic N) is 1. The fourth-order valence-corrected chi connectivity index (χ4v) is 3.03. The van der Waals surface area contributed by atoms with Crippen molar-refractivity contribution in [3.63, 3.8) is 0 Å². The van der Waals surface area contributed by atoms with Gasteiger partial charge in [0, 0.05) is 6.42 Å². The molecule has 2 aromatic rings. The zero-order valence-corrected chi connectivity index (χ0v) is 12.5. The van der Waals surface area contributed by atoms with Gasteiger partial charge in [-0.05, 0) is 33.8 Å². The molecule has 1 heterocycles. The molecule has 2 N–H and O–H groups in total. The van der Waals surface area contributed by atoms with Crippen LogP contribution >= 0.6 is 27.7 Å². The number of thioether (sulfide) groups is 1. The molecule has 0 aliphatic rings. The van der Waals surface area contributed by atoms with Gasteiger partial charge < -0.3 is 4.74 Å². The number of aromatic nitrogens is 3. The SMILES string of the molecule is O=c1[nH]nc(CSCCC(Br)Oc2ccccc2)[nH]1. The molecule has 1 unspecified atom stereocenters. The fourth-order valence-electron chi connectivity index (χ4n) is 1.42. The van der Waals surface area contributed by atoms with Crippen LogP contribution in [-0.4, -0.2) is 25.9 Å². The van der Waals surface area contributed by atoms with Crippen molar-refractivity contribution in [3.05, 3.63) is 46.6 Å². The number of benzene rings is 1. The first kappa shape index (κ1) is 14.2. The van der Waals surface area contributed by atoms with Crippen molar-refractivity contribution >= 4 is 27.7 Å². The van der Waals surface area contributed by atoms with Gasteiger partial charge in [-0.15, -0.1) is 0 Å². The first-order valence-corrected chi connectivity index (χ1v) is 7.88. The highest BCUT2D eigenvalue weighted by molar-refractivity contribution is 9.09. The fraction of sp³-hybridized carbons (Fsp3) is 0.333. The van der Waals surface area contributed by atoms with Gasteiger partial charge in [0.05, 0.1) is 5.75 Å². The number of rotatable bonds is 7. The Balaban J connectivity index is 1.64. The van der Waals surface area contributed by atoms with E-state index in [4.69, 9.17) is 4.74 Å². The van der Waals surface area contributed by atoms with Gasteiger partial charge in [0.15, 0.2) is 5.01 Å². The molecule has 0 bridgehead atoms. The molecule has 5 nitrogen and oxygen atoms in total. The Bertz CT molecular complexity index is 543. The van der Waals surface area contributed by atoms with Crippen LogP contribution in [0.2, 0.25) is 0 Å². The smallest absolute Gasteiger partial charge is 0.340 e. The topological polar surface area (TPSA) is 70.8 Å². The minimum atomic E-state index is -0.263. The summed E-state index contributed by atoms with van der Waals surface area (Å²) < 4.78 is 5.69. The van der Waals surface area contributed by atoms with E-state index < -0.39 is 0 Å². The molecule has 0 saturated heterocycles. The van der Waals surface area contributed by atoms with E-state index in [-0.39, 0.29) is 10.7 Å². The number of aromatic amines is 2. The number of alkyl halides is 1. The quantitative estimate of drug-likeness (QED) is 0.598. The maximum Gasteiger partial charge on any atom is 0.340 e. The van der Waals surface area contributed by atoms with E-state index >= 15 is 0 Å². The summed E-state index contributed by atoms with van der Waals surface area (Å²) in [6.07, 6.45) is 0.869. The summed E-state index contributed by atoms with van der Waals surface area (Å²) >= 11 is 5.19. The Hall–Kier alpha value is -1.21. The van der Waals surface area contributed by atoms with Crippen LogP contribution in [0.1, 0.15) is 12.2 Å². The Morgan fingerprint density at radius 3 is 2.84 bits per heavy atom. The Morgan fingerprint density at radius 2 is 2.16 bits per heavy atom. The maximum absolute atomic E-state index is 10.8. The van der Waals surface area contributed by atoms with Crippen LogP contribution in [0.4, 0.5) is 0 Å². The van der Waals surface area contributed by atoms with E-state index in [1.165, 1.54) is 0 Å². The van der Waals surface area contributed by atoms with Gasteiger partial charge in [0.25, 0.3) is 0 Å². The highest BCUT2D eigenvalue weighted by Crippen LogP contribution is 2.18. The molecule has 0 fully saturated rings. The molecule has 1 aromatic carbocycles. The van der Waals surface area contributed by atoms with Crippen LogP contribution in [0.5, 0.6) is 5.75 Å². The Kier molecular flexibility index (Phi) is 5.53. The average molecular weight is 344 g/mol. The minimum Gasteiger partial charge on any atom is -0.479 e. The lowest BCUT2D eigenvalue weighted by Gasteiger charge is -2.12. The molecular weight excluding hydrogens is 330 g/mol. The van der Waals surface area contributed by atoms with Gasteiger partial charge in [0.1, 0.15) is 11.6 Å². The van der Waals surface area contributed by atoms with Gasteiger partial charge in [-0.25, -0.2) is 9.89 Å². The molecule has 2 rings (SSSR count). The molecule has 19 heavy (non-hydrogen) atoms. The first-order valence-electron chi connectivity index (χ1n) is 5.81. The molecule has 0 aliphatic carbocycles. The lowest BCUT2D eigenvalue weighted by atomic mass is 10.3. The number of halogens is 1. The summed E-state index contributed by atoms with van der Waals surface area (Å²) in [6.45, 7) is 0. The Labute approximate surface area is 123 Å². The lowest BCUT2D eigenvalue weighted by molar-refractivity contribution is 0.291. The number of hydrogen-bond donors (Lipinski definition) is 2. The van der Waals surface area contributed by atoms with Crippen LogP contribution in [0.3, 0.4) is 0 Å². The second-order valence-electron chi connectivity index (χ2n) is 3.81. The third kappa shape index (κ3) is 5.12. The van der Waals surface area contributed by atoms with E-state index in [0.29, 0.717) is 11.6 Å². The number of nitrogens with one attached hydrogen (secondary N) is 2. The molecule has 0 amide bonds. The number of para-hydroxylation sites is 1. The zero-order chi connectivity index (χ0) is 13.5. The molecule has 7 heteroatoms. The standard InChI is InChI=1S/C12H14BrN3O2S/c13-10(18-9-4-2-1-3-5-9)6-7-19-8-11-14-12(17)16-15-11/h1-5,10H,6-8H2,(H2,14,15,16,17). The van der Waals surface area contributed by atoms with E-state index in [1.54, 1.807) is 11.8 Å². The Morgan fingerprint density at radius 1 is 1.37 bits per heavy atom. The van der Waals surface area contributed by atoms with Crippen LogP contribution in [-0.2, 0) is 5.75 Å². The predicted octanol–water partition coefficient (Wildman–Crippen LogP) is 2.52. The average Bonchev–Trinajstić information content (AvgIpc) is 2.82. The molecule has 0 saturated carbocycles. The predicted molar refractivity (Wildman–Crippen MR) is 79.8 cm³/mol. The van der Waals surface area contributed by atoms with Gasteiger partial charge in [-0.1, -0.05) is 18.2 Å². The van der Waals surface area contributed by atoms with Crippen molar-refractivity contribution in [2.45, 2.75) is 17.2 Å². The van der Waals surface area contributed by atoms with Gasteiger partial charge in [-0.2, -0.15) is 16.9 Å². The molecule has 0 spiro atoms. The highest BCUT2D eigenvalue weighted by atomic mass is 79.9. The normalized spacial score (nSPS) is 12.3. The number of ether oxygens (including phenoxy) is 1. The number of H-pyrrole nitrogens is 2. The number of hydrogen-bond acceptors (Lipinski definition) is 4. The monoisotopic (exact) mass is 343 g/mol.